The van der Waals surface area contributed by atoms with Crippen LogP contribution in [0.3, 0.4) is 0 Å². The maximum absolute atomic E-state index is 6.09. The van der Waals surface area contributed by atoms with E-state index in [4.69, 9.17) is 29.1 Å². The normalized spacial score (nSPS) is 11.1. The molecule has 4 heteroatoms. The third-order valence-electron chi connectivity index (χ3n) is 2.26. The van der Waals surface area contributed by atoms with Crippen molar-refractivity contribution in [2.75, 3.05) is 6.54 Å². The van der Waals surface area contributed by atoms with Crippen molar-refractivity contribution in [3.05, 3.63) is 35.0 Å². The van der Waals surface area contributed by atoms with E-state index >= 15 is 0 Å². The number of para-hydroxylation sites is 1. The van der Waals surface area contributed by atoms with Crippen LogP contribution in [0, 0.1) is 0 Å². The first kappa shape index (κ1) is 9.84. The van der Waals surface area contributed by atoms with E-state index in [1.54, 1.807) is 0 Å². The van der Waals surface area contributed by atoms with E-state index in [2.05, 4.69) is 0 Å². The van der Waals surface area contributed by atoms with Crippen LogP contribution in [-0.2, 0) is 6.42 Å². The molecule has 0 saturated heterocycles. The number of halogens is 2. The fourth-order valence-corrected chi connectivity index (χ4v) is 2.15. The Kier molecular flexibility index (Phi) is 2.68. The van der Waals surface area contributed by atoms with Gasteiger partial charge in [-0.3, -0.25) is 0 Å². The average Bonchev–Trinajstić information content (AvgIpc) is 2.45. The standard InChI is InChI=1S/C10H10Cl2N2/c11-10-8(5-6-13)7-3-1-2-4-9(7)14(10)12/h1-4H,5-6,13H2. The Bertz CT molecular complexity index is 462. The average molecular weight is 229 g/mol. The second kappa shape index (κ2) is 3.81. The predicted octanol–water partition coefficient (Wildman–Crippen LogP) is 2.80. The van der Waals surface area contributed by atoms with Gasteiger partial charge in [0.15, 0.2) is 0 Å². The lowest BCUT2D eigenvalue weighted by molar-refractivity contribution is 0.974. The molecular weight excluding hydrogens is 219 g/mol. The minimum Gasteiger partial charge on any atom is -0.330 e. The van der Waals surface area contributed by atoms with Crippen LogP contribution < -0.4 is 5.73 Å². The fourth-order valence-electron chi connectivity index (χ4n) is 1.62. The Balaban J connectivity index is 2.74. The predicted molar refractivity (Wildman–Crippen MR) is 61.0 cm³/mol. The van der Waals surface area contributed by atoms with Gasteiger partial charge in [-0.15, -0.1) is 0 Å². The van der Waals surface area contributed by atoms with Crippen LogP contribution >= 0.6 is 23.4 Å². The highest BCUT2D eigenvalue weighted by Gasteiger charge is 2.12. The minimum atomic E-state index is 0.568. The molecule has 2 rings (SSSR count). The molecule has 0 unspecified atom stereocenters. The topological polar surface area (TPSA) is 30.9 Å². The first-order chi connectivity index (χ1) is 6.75. The van der Waals surface area contributed by atoms with Gasteiger partial charge in [-0.25, -0.2) is 4.09 Å². The van der Waals surface area contributed by atoms with Crippen LogP contribution in [0.4, 0.5) is 0 Å². The first-order valence-corrected chi connectivity index (χ1v) is 5.11. The Morgan fingerprint density at radius 3 is 2.71 bits per heavy atom. The van der Waals surface area contributed by atoms with Crippen molar-refractivity contribution in [2.45, 2.75) is 6.42 Å². The van der Waals surface area contributed by atoms with Crippen LogP contribution in [0.25, 0.3) is 10.9 Å². The quantitative estimate of drug-likeness (QED) is 0.843. The molecule has 0 fully saturated rings. The van der Waals surface area contributed by atoms with Gasteiger partial charge in [-0.1, -0.05) is 29.8 Å². The van der Waals surface area contributed by atoms with Gasteiger partial charge < -0.3 is 5.73 Å². The maximum atomic E-state index is 6.09. The van der Waals surface area contributed by atoms with Crippen LogP contribution in [0.15, 0.2) is 24.3 Å². The Morgan fingerprint density at radius 2 is 2.00 bits per heavy atom. The number of rotatable bonds is 2. The number of hydrogen-bond acceptors (Lipinski definition) is 1. The van der Waals surface area contributed by atoms with Gasteiger partial charge in [0.2, 0.25) is 0 Å². The molecule has 0 bridgehead atoms. The van der Waals surface area contributed by atoms with Crippen LogP contribution in [0.5, 0.6) is 0 Å². The number of nitrogens with zero attached hydrogens (tertiary/aromatic N) is 1. The highest BCUT2D eigenvalue weighted by atomic mass is 35.5. The number of aromatic nitrogens is 1. The van der Waals surface area contributed by atoms with E-state index in [-0.39, 0.29) is 0 Å². The van der Waals surface area contributed by atoms with Crippen molar-refractivity contribution in [3.8, 4) is 0 Å². The third-order valence-corrected chi connectivity index (χ3v) is 3.09. The molecule has 0 amide bonds. The summed E-state index contributed by atoms with van der Waals surface area (Å²) in [4.78, 5) is 0. The summed E-state index contributed by atoms with van der Waals surface area (Å²) in [5, 5.41) is 1.65. The summed E-state index contributed by atoms with van der Waals surface area (Å²) < 4.78 is 1.47. The molecule has 1 aromatic carbocycles. The molecule has 2 N–H and O–H groups in total. The zero-order valence-electron chi connectivity index (χ0n) is 7.50. The van der Waals surface area contributed by atoms with Gasteiger partial charge in [0.05, 0.1) is 5.52 Å². The van der Waals surface area contributed by atoms with Gasteiger partial charge in [0.1, 0.15) is 5.15 Å². The summed E-state index contributed by atoms with van der Waals surface area (Å²) >= 11 is 12.1. The molecule has 0 atom stereocenters. The summed E-state index contributed by atoms with van der Waals surface area (Å²) in [6.07, 6.45) is 0.749. The molecule has 1 aromatic heterocycles. The third kappa shape index (κ3) is 1.40. The first-order valence-electron chi connectivity index (χ1n) is 4.39. The van der Waals surface area contributed by atoms with E-state index < -0.39 is 0 Å². The van der Waals surface area contributed by atoms with E-state index in [9.17, 15) is 0 Å². The molecule has 74 valence electrons. The molecule has 0 aliphatic heterocycles. The SMILES string of the molecule is NCCc1c(Cl)n(Cl)c2ccccc12. The number of hydrogen-bond donors (Lipinski definition) is 1. The van der Waals surface area contributed by atoms with Gasteiger partial charge in [-0.2, -0.15) is 0 Å². The van der Waals surface area contributed by atoms with Gasteiger partial charge in [-0.05, 0) is 24.6 Å². The van der Waals surface area contributed by atoms with Gasteiger partial charge in [0, 0.05) is 17.2 Å². The molecule has 0 spiro atoms. The van der Waals surface area contributed by atoms with Gasteiger partial charge in [0.25, 0.3) is 0 Å². The van der Waals surface area contributed by atoms with Crippen LogP contribution in [-0.4, -0.2) is 10.6 Å². The Labute approximate surface area is 92.3 Å². The summed E-state index contributed by atoms with van der Waals surface area (Å²) in [6.45, 7) is 0.574. The van der Waals surface area contributed by atoms with E-state index in [1.165, 1.54) is 4.09 Å². The molecule has 2 nitrogen and oxygen atoms in total. The van der Waals surface area contributed by atoms with E-state index in [1.807, 2.05) is 24.3 Å². The highest BCUT2D eigenvalue weighted by Crippen LogP contribution is 2.30. The summed E-state index contributed by atoms with van der Waals surface area (Å²) in [7, 11) is 0. The van der Waals surface area contributed by atoms with Crippen molar-refractivity contribution in [1.29, 1.82) is 0 Å². The molecule has 0 saturated carbocycles. The van der Waals surface area contributed by atoms with Crippen molar-refractivity contribution in [2.24, 2.45) is 5.73 Å². The lowest BCUT2D eigenvalue weighted by atomic mass is 10.1. The summed E-state index contributed by atoms with van der Waals surface area (Å²) in [5.41, 5.74) is 7.48. The van der Waals surface area contributed by atoms with Crippen molar-refractivity contribution < 1.29 is 0 Å². The second-order valence-electron chi connectivity index (χ2n) is 3.11. The number of nitrogens with two attached hydrogens (primary N) is 1. The molecule has 0 aliphatic carbocycles. The smallest absolute Gasteiger partial charge is 0.128 e. The highest BCUT2D eigenvalue weighted by molar-refractivity contribution is 6.36. The van der Waals surface area contributed by atoms with Crippen LogP contribution in [0.1, 0.15) is 5.56 Å². The zero-order chi connectivity index (χ0) is 10.1. The molecule has 14 heavy (non-hydrogen) atoms. The number of benzene rings is 1. The molecule has 2 aromatic rings. The number of fused-ring (bicyclic) bond motifs is 1. The van der Waals surface area contributed by atoms with E-state index in [0.717, 1.165) is 22.9 Å². The van der Waals surface area contributed by atoms with Crippen molar-refractivity contribution in [1.82, 2.24) is 4.09 Å². The summed E-state index contributed by atoms with van der Waals surface area (Å²) in [5.74, 6) is 0. The lowest BCUT2D eigenvalue weighted by Gasteiger charge is -1.95. The molecule has 0 aliphatic rings. The van der Waals surface area contributed by atoms with Crippen molar-refractivity contribution >= 4 is 34.3 Å². The zero-order valence-corrected chi connectivity index (χ0v) is 9.02. The Morgan fingerprint density at radius 1 is 1.29 bits per heavy atom. The maximum Gasteiger partial charge on any atom is 0.128 e. The monoisotopic (exact) mass is 228 g/mol. The lowest BCUT2D eigenvalue weighted by Crippen LogP contribution is -2.02. The van der Waals surface area contributed by atoms with Crippen LogP contribution in [0.2, 0.25) is 5.15 Å². The largest absolute Gasteiger partial charge is 0.330 e. The second-order valence-corrected chi connectivity index (χ2v) is 3.80. The molecule has 0 radical (unpaired) electrons. The summed E-state index contributed by atoms with van der Waals surface area (Å²) in [6, 6.07) is 7.85. The molecule has 1 heterocycles. The fraction of sp³-hybridized carbons (Fsp3) is 0.200. The Hall–Kier alpha value is -0.700. The minimum absolute atomic E-state index is 0.568. The van der Waals surface area contributed by atoms with Gasteiger partial charge >= 0.3 is 0 Å². The van der Waals surface area contributed by atoms with E-state index in [0.29, 0.717) is 11.7 Å². The molecular formula is C10H10Cl2N2. The van der Waals surface area contributed by atoms with Crippen molar-refractivity contribution in [3.63, 3.8) is 0 Å².